The van der Waals surface area contributed by atoms with Crippen molar-refractivity contribution in [2.45, 2.75) is 39.9 Å². The largest absolute Gasteiger partial charge is 0.471 e. The van der Waals surface area contributed by atoms with Gasteiger partial charge in [-0.15, -0.1) is 0 Å². The lowest BCUT2D eigenvalue weighted by Gasteiger charge is -2.25. The van der Waals surface area contributed by atoms with Gasteiger partial charge in [0.25, 0.3) is 0 Å². The Bertz CT molecular complexity index is 353. The van der Waals surface area contributed by atoms with Gasteiger partial charge >= 0.3 is 0 Å². The third kappa shape index (κ3) is 6.45. The van der Waals surface area contributed by atoms with Crippen molar-refractivity contribution in [2.24, 2.45) is 5.92 Å². The van der Waals surface area contributed by atoms with Crippen molar-refractivity contribution in [3.63, 3.8) is 0 Å². The lowest BCUT2D eigenvalue weighted by Crippen LogP contribution is -2.27. The molecule has 0 saturated heterocycles. The second-order valence-electron chi connectivity index (χ2n) is 5.26. The maximum absolute atomic E-state index is 5.70. The minimum absolute atomic E-state index is 0.569. The van der Waals surface area contributed by atoms with Gasteiger partial charge in [0.2, 0.25) is 5.79 Å². The van der Waals surface area contributed by atoms with Gasteiger partial charge in [-0.05, 0) is 24.0 Å². The molecule has 0 aliphatic heterocycles. The zero-order valence-electron chi connectivity index (χ0n) is 11.8. The maximum atomic E-state index is 5.70. The van der Waals surface area contributed by atoms with Crippen molar-refractivity contribution in [1.82, 2.24) is 0 Å². The highest BCUT2D eigenvalue weighted by atomic mass is 16.7. The third-order valence-corrected chi connectivity index (χ3v) is 2.56. The van der Waals surface area contributed by atoms with Crippen molar-refractivity contribution in [3.8, 4) is 0 Å². The summed E-state index contributed by atoms with van der Waals surface area (Å²) in [6, 6.07) is 10.1. The van der Waals surface area contributed by atoms with E-state index < -0.39 is 5.79 Å². The molecule has 0 aromatic heterocycles. The van der Waals surface area contributed by atoms with Crippen molar-refractivity contribution in [2.75, 3.05) is 6.61 Å². The van der Waals surface area contributed by atoms with E-state index in [1.54, 1.807) is 6.26 Å². The lowest BCUT2D eigenvalue weighted by atomic mass is 10.1. The highest BCUT2D eigenvalue weighted by Gasteiger charge is 2.17. The number of benzene rings is 1. The number of ether oxygens (including phenoxy) is 2. The van der Waals surface area contributed by atoms with Crippen LogP contribution in [0.3, 0.4) is 0 Å². The van der Waals surface area contributed by atoms with Crippen molar-refractivity contribution < 1.29 is 9.47 Å². The van der Waals surface area contributed by atoms with Crippen LogP contribution in [-0.2, 0) is 9.47 Å². The number of hydrogen-bond acceptors (Lipinski definition) is 2. The first-order valence-electron chi connectivity index (χ1n) is 6.53. The monoisotopic (exact) mass is 248 g/mol. The summed E-state index contributed by atoms with van der Waals surface area (Å²) in [7, 11) is 0. The molecule has 0 unspecified atom stereocenters. The minimum Gasteiger partial charge on any atom is -0.471 e. The van der Waals surface area contributed by atoms with Gasteiger partial charge in [0.1, 0.15) is 0 Å². The molecule has 0 bridgehead atoms. The molecule has 0 heterocycles. The molecule has 0 aliphatic carbocycles. The number of hydrogen-bond donors (Lipinski definition) is 0. The summed E-state index contributed by atoms with van der Waals surface area (Å²) in [5.74, 6) is 0.0841. The predicted octanol–water partition coefficient (Wildman–Crippen LogP) is 4.47. The molecule has 0 N–H and O–H groups in total. The lowest BCUT2D eigenvalue weighted by molar-refractivity contribution is -0.182. The average Bonchev–Trinajstić information content (AvgIpc) is 2.29. The Kier molecular flexibility index (Phi) is 5.93. The molecule has 0 atom stereocenters. The standard InChI is InChI=1S/C16H24O2/c1-14(2)10-12-17-16(3,4)18-13-11-15-8-6-5-7-9-15/h5-9,11,13-14H,10,12H2,1-4H3. The van der Waals surface area contributed by atoms with Gasteiger partial charge < -0.3 is 9.47 Å². The molecule has 1 aromatic carbocycles. The first kappa shape index (κ1) is 14.8. The second-order valence-corrected chi connectivity index (χ2v) is 5.26. The van der Waals surface area contributed by atoms with Crippen LogP contribution >= 0.6 is 0 Å². The van der Waals surface area contributed by atoms with E-state index in [1.807, 2.05) is 50.3 Å². The Morgan fingerprint density at radius 2 is 1.83 bits per heavy atom. The normalized spacial score (nSPS) is 12.3. The molecule has 0 fully saturated rings. The maximum Gasteiger partial charge on any atom is 0.203 e. The molecule has 2 nitrogen and oxygen atoms in total. The van der Waals surface area contributed by atoms with E-state index in [0.717, 1.165) is 18.6 Å². The summed E-state index contributed by atoms with van der Waals surface area (Å²) in [6.45, 7) is 8.97. The summed E-state index contributed by atoms with van der Waals surface area (Å²) in [5, 5.41) is 0. The molecular weight excluding hydrogens is 224 g/mol. The zero-order valence-corrected chi connectivity index (χ0v) is 11.8. The first-order chi connectivity index (χ1) is 8.49. The van der Waals surface area contributed by atoms with E-state index >= 15 is 0 Å². The van der Waals surface area contributed by atoms with Crippen LogP contribution in [0.5, 0.6) is 0 Å². The van der Waals surface area contributed by atoms with E-state index in [0.29, 0.717) is 5.92 Å². The van der Waals surface area contributed by atoms with Crippen LogP contribution in [0.15, 0.2) is 36.6 Å². The summed E-state index contributed by atoms with van der Waals surface area (Å²) in [5.41, 5.74) is 1.12. The van der Waals surface area contributed by atoms with Crippen LogP contribution < -0.4 is 0 Å². The Labute approximate surface area is 111 Å². The quantitative estimate of drug-likeness (QED) is 0.523. The van der Waals surface area contributed by atoms with Gasteiger partial charge in [-0.25, -0.2) is 0 Å². The fourth-order valence-corrected chi connectivity index (χ4v) is 1.42. The molecule has 0 saturated carbocycles. The van der Waals surface area contributed by atoms with Crippen molar-refractivity contribution in [1.29, 1.82) is 0 Å². The molecule has 0 aliphatic rings. The highest BCUT2D eigenvalue weighted by Crippen LogP contribution is 2.14. The van der Waals surface area contributed by atoms with Crippen molar-refractivity contribution in [3.05, 3.63) is 42.2 Å². The van der Waals surface area contributed by atoms with Gasteiger partial charge in [0.15, 0.2) is 0 Å². The molecular formula is C16H24O2. The highest BCUT2D eigenvalue weighted by molar-refractivity contribution is 5.47. The smallest absolute Gasteiger partial charge is 0.203 e. The van der Waals surface area contributed by atoms with Gasteiger partial charge in [0, 0.05) is 13.8 Å². The van der Waals surface area contributed by atoms with E-state index in [-0.39, 0.29) is 0 Å². The van der Waals surface area contributed by atoms with Crippen LogP contribution in [0.1, 0.15) is 39.7 Å². The second kappa shape index (κ2) is 7.22. The molecule has 1 aromatic rings. The van der Waals surface area contributed by atoms with Gasteiger partial charge in [0.05, 0.1) is 12.9 Å². The average molecular weight is 248 g/mol. The molecule has 100 valence electrons. The molecule has 18 heavy (non-hydrogen) atoms. The van der Waals surface area contributed by atoms with Crippen LogP contribution in [-0.4, -0.2) is 12.4 Å². The first-order valence-corrected chi connectivity index (χ1v) is 6.53. The van der Waals surface area contributed by atoms with Crippen LogP contribution in [0.4, 0.5) is 0 Å². The van der Waals surface area contributed by atoms with E-state index in [1.165, 1.54) is 0 Å². The zero-order chi connectivity index (χ0) is 13.4. The number of rotatable bonds is 7. The van der Waals surface area contributed by atoms with Crippen LogP contribution in [0.25, 0.3) is 6.08 Å². The topological polar surface area (TPSA) is 18.5 Å². The van der Waals surface area contributed by atoms with Crippen LogP contribution in [0.2, 0.25) is 0 Å². The fourth-order valence-electron chi connectivity index (χ4n) is 1.42. The summed E-state index contributed by atoms with van der Waals surface area (Å²) >= 11 is 0. The van der Waals surface area contributed by atoms with Gasteiger partial charge in [-0.1, -0.05) is 44.2 Å². The van der Waals surface area contributed by atoms with Crippen molar-refractivity contribution >= 4 is 6.08 Å². The Morgan fingerprint density at radius 3 is 2.44 bits per heavy atom. The fraction of sp³-hybridized carbons (Fsp3) is 0.500. The van der Waals surface area contributed by atoms with Gasteiger partial charge in [-0.2, -0.15) is 0 Å². The van der Waals surface area contributed by atoms with Crippen LogP contribution in [0, 0.1) is 5.92 Å². The molecule has 0 spiro atoms. The minimum atomic E-state index is -0.569. The van der Waals surface area contributed by atoms with E-state index in [2.05, 4.69) is 13.8 Å². The van der Waals surface area contributed by atoms with E-state index in [9.17, 15) is 0 Å². The Hall–Kier alpha value is -1.28. The summed E-state index contributed by atoms with van der Waals surface area (Å²) in [6.07, 6.45) is 4.69. The van der Waals surface area contributed by atoms with E-state index in [4.69, 9.17) is 9.47 Å². The molecule has 0 radical (unpaired) electrons. The van der Waals surface area contributed by atoms with Gasteiger partial charge in [-0.3, -0.25) is 0 Å². The predicted molar refractivity (Wildman–Crippen MR) is 76.0 cm³/mol. The molecule has 1 rings (SSSR count). The molecule has 0 amide bonds. The SMILES string of the molecule is CC(C)CCOC(C)(C)OC=Cc1ccccc1. The Morgan fingerprint density at radius 1 is 1.17 bits per heavy atom. The Balaban J connectivity index is 2.34. The summed E-state index contributed by atoms with van der Waals surface area (Å²) in [4.78, 5) is 0. The molecule has 2 heteroatoms. The third-order valence-electron chi connectivity index (χ3n) is 2.56. The summed E-state index contributed by atoms with van der Waals surface area (Å²) < 4.78 is 11.3.